The van der Waals surface area contributed by atoms with E-state index in [1.807, 2.05) is 0 Å². The average molecular weight is 668 g/mol. The summed E-state index contributed by atoms with van der Waals surface area (Å²) in [5.74, 6) is -2.73. The van der Waals surface area contributed by atoms with Crippen molar-refractivity contribution in [3.8, 4) is 5.75 Å². The molecule has 3 aliphatic rings. The van der Waals surface area contributed by atoms with Crippen LogP contribution in [-0.2, 0) is 46.8 Å². The van der Waals surface area contributed by atoms with E-state index in [0.29, 0.717) is 37.4 Å². The average Bonchev–Trinajstić information content (AvgIpc) is 3.63. The lowest BCUT2D eigenvalue weighted by molar-refractivity contribution is -0.153. The highest BCUT2D eigenvalue weighted by molar-refractivity contribution is 7.89. The number of aliphatic hydroxyl groups excluding tert-OH is 1. The van der Waals surface area contributed by atoms with Gasteiger partial charge in [-0.1, -0.05) is 19.3 Å². The first-order valence-corrected chi connectivity index (χ1v) is 17.4. The van der Waals surface area contributed by atoms with Crippen LogP contribution in [0.25, 0.3) is 0 Å². The standard InChI is InChI=1S/C33H43F2NO9S/c1-41-27-7-8-31-24(16-27)20-42-11-6-4-2-3-5-10-36(46(31,39)40)19-29(37)23(13-22-14-25(34)18-26(35)15-22)17-32(38)45-30-21-44-33-28(30)9-12-43-33/h7-8,14-16,18,23,28-30,33,37H,2-6,9-13,17,19-21H2,1H3/t23-,28+,29-,30-,33-/m1/s1. The molecule has 10 nitrogen and oxygen atoms in total. The number of sulfonamides is 1. The molecular weight excluding hydrogens is 624 g/mol. The fraction of sp³-hybridized carbons (Fsp3) is 0.606. The Labute approximate surface area is 269 Å². The van der Waals surface area contributed by atoms with E-state index >= 15 is 0 Å². The summed E-state index contributed by atoms with van der Waals surface area (Å²) >= 11 is 0. The molecule has 0 radical (unpaired) electrons. The fourth-order valence-electron chi connectivity index (χ4n) is 6.41. The van der Waals surface area contributed by atoms with E-state index in [1.165, 1.54) is 17.5 Å². The van der Waals surface area contributed by atoms with Gasteiger partial charge in [-0.2, -0.15) is 4.31 Å². The summed E-state index contributed by atoms with van der Waals surface area (Å²) in [5.41, 5.74) is 0.659. The van der Waals surface area contributed by atoms with Crippen molar-refractivity contribution in [1.29, 1.82) is 0 Å². The minimum absolute atomic E-state index is 0.0393. The van der Waals surface area contributed by atoms with E-state index in [4.69, 9.17) is 23.7 Å². The Morgan fingerprint density at radius 3 is 2.59 bits per heavy atom. The molecule has 254 valence electrons. The van der Waals surface area contributed by atoms with Crippen LogP contribution in [0.2, 0.25) is 0 Å². The smallest absolute Gasteiger partial charge is 0.306 e. The van der Waals surface area contributed by atoms with Gasteiger partial charge in [-0.15, -0.1) is 0 Å². The highest BCUT2D eigenvalue weighted by Gasteiger charge is 2.44. The number of nitrogens with zero attached hydrogens (tertiary/aromatic N) is 1. The van der Waals surface area contributed by atoms with Crippen LogP contribution in [0.5, 0.6) is 5.75 Å². The van der Waals surface area contributed by atoms with Crippen molar-refractivity contribution in [3.05, 3.63) is 59.2 Å². The zero-order valence-electron chi connectivity index (χ0n) is 26.1. The van der Waals surface area contributed by atoms with Crippen molar-refractivity contribution >= 4 is 16.0 Å². The Hall–Kier alpha value is -2.68. The Morgan fingerprint density at radius 1 is 1.04 bits per heavy atom. The summed E-state index contributed by atoms with van der Waals surface area (Å²) in [5, 5.41) is 11.6. The molecule has 2 saturated heterocycles. The summed E-state index contributed by atoms with van der Waals surface area (Å²) in [7, 11) is -2.65. The van der Waals surface area contributed by atoms with Gasteiger partial charge in [0.25, 0.3) is 0 Å². The van der Waals surface area contributed by atoms with E-state index in [2.05, 4.69) is 0 Å². The molecule has 2 aromatic rings. The van der Waals surface area contributed by atoms with E-state index in [9.17, 15) is 27.1 Å². The fourth-order valence-corrected chi connectivity index (χ4v) is 8.10. The van der Waals surface area contributed by atoms with Crippen molar-refractivity contribution < 1.29 is 50.8 Å². The van der Waals surface area contributed by atoms with Gasteiger partial charge in [0.05, 0.1) is 50.3 Å². The number of fused-ring (bicyclic) bond motifs is 2. The second-order valence-corrected chi connectivity index (χ2v) is 14.1. The Bertz CT molecular complexity index is 1420. The Kier molecular flexibility index (Phi) is 12.0. The van der Waals surface area contributed by atoms with Crippen LogP contribution in [0.3, 0.4) is 0 Å². The van der Waals surface area contributed by atoms with Gasteiger partial charge in [0, 0.05) is 37.2 Å². The molecule has 0 unspecified atom stereocenters. The third kappa shape index (κ3) is 8.81. The quantitative estimate of drug-likeness (QED) is 0.389. The van der Waals surface area contributed by atoms with Crippen LogP contribution < -0.4 is 4.74 Å². The molecule has 0 amide bonds. The van der Waals surface area contributed by atoms with E-state index in [1.54, 1.807) is 12.1 Å². The van der Waals surface area contributed by atoms with Gasteiger partial charge in [-0.25, -0.2) is 17.2 Å². The number of aliphatic hydroxyl groups is 1. The summed E-state index contributed by atoms with van der Waals surface area (Å²) in [6.07, 6.45) is 2.02. The topological polar surface area (TPSA) is 121 Å². The number of hydrogen-bond acceptors (Lipinski definition) is 9. The van der Waals surface area contributed by atoms with E-state index in [0.717, 1.165) is 43.9 Å². The maximum absolute atomic E-state index is 14.2. The van der Waals surface area contributed by atoms with Gasteiger partial charge < -0.3 is 28.8 Å². The molecule has 46 heavy (non-hydrogen) atoms. The maximum Gasteiger partial charge on any atom is 0.306 e. The second-order valence-electron chi connectivity index (χ2n) is 12.2. The largest absolute Gasteiger partial charge is 0.497 e. The molecule has 3 heterocycles. The van der Waals surface area contributed by atoms with Crippen molar-refractivity contribution in [2.45, 2.75) is 81.4 Å². The Balaban J connectivity index is 1.39. The summed E-state index contributed by atoms with van der Waals surface area (Å²) in [6, 6.07) is 7.68. The third-order valence-electron chi connectivity index (χ3n) is 8.89. The number of carbonyl (C=O) groups is 1. The van der Waals surface area contributed by atoms with Crippen LogP contribution in [0.4, 0.5) is 8.78 Å². The molecule has 2 aromatic carbocycles. The predicted octanol–water partition coefficient (Wildman–Crippen LogP) is 4.36. The molecule has 0 aromatic heterocycles. The molecule has 2 fully saturated rings. The lowest BCUT2D eigenvalue weighted by Gasteiger charge is -2.30. The van der Waals surface area contributed by atoms with Crippen LogP contribution in [-0.4, -0.2) is 82.3 Å². The maximum atomic E-state index is 14.2. The van der Waals surface area contributed by atoms with Crippen molar-refractivity contribution in [3.63, 3.8) is 0 Å². The Morgan fingerprint density at radius 2 is 1.80 bits per heavy atom. The molecule has 3 aliphatic heterocycles. The van der Waals surface area contributed by atoms with Gasteiger partial charge in [0.1, 0.15) is 23.5 Å². The molecule has 13 heteroatoms. The second kappa shape index (κ2) is 15.9. The number of esters is 1. The summed E-state index contributed by atoms with van der Waals surface area (Å²) in [4.78, 5) is 13.3. The molecule has 0 aliphatic carbocycles. The first kappa shape index (κ1) is 34.6. The molecule has 5 rings (SSSR count). The first-order chi connectivity index (χ1) is 22.1. The SMILES string of the molecule is COc1ccc2c(c1)COCCCCCCCN(C[C@@H](O)[C@@H](CC(=O)O[C@@H]1CO[C@H]3OCC[C@H]31)Cc1cc(F)cc(F)c1)S2(=O)=O. The minimum Gasteiger partial charge on any atom is -0.497 e. The molecule has 0 saturated carbocycles. The number of halogens is 2. The third-order valence-corrected chi connectivity index (χ3v) is 10.9. The number of methoxy groups -OCH3 is 1. The van der Waals surface area contributed by atoms with Crippen LogP contribution in [0, 0.1) is 23.5 Å². The lowest BCUT2D eigenvalue weighted by Crippen LogP contribution is -2.42. The zero-order chi connectivity index (χ0) is 32.7. The highest BCUT2D eigenvalue weighted by Crippen LogP contribution is 2.34. The number of β-amino-alcohol motifs (C(OH)–C–C–N with tert-alkyl or cyclic N) is 1. The number of hydrogen-bond donors (Lipinski definition) is 1. The minimum atomic E-state index is -4.15. The molecular formula is C33H43F2NO9S. The number of carbonyl (C=O) groups excluding carboxylic acids is 1. The zero-order valence-corrected chi connectivity index (χ0v) is 26.9. The number of rotatable bonds is 9. The predicted molar refractivity (Wildman–Crippen MR) is 162 cm³/mol. The van der Waals surface area contributed by atoms with Crippen LogP contribution in [0.1, 0.15) is 56.1 Å². The van der Waals surface area contributed by atoms with Gasteiger partial charge in [0.2, 0.25) is 10.0 Å². The number of benzene rings is 2. The number of ether oxygens (including phenoxy) is 5. The lowest BCUT2D eigenvalue weighted by atomic mass is 9.90. The van der Waals surface area contributed by atoms with E-state index < -0.39 is 52.0 Å². The van der Waals surface area contributed by atoms with Gasteiger partial charge in [-0.3, -0.25) is 4.79 Å². The van der Waals surface area contributed by atoms with Gasteiger partial charge in [0.15, 0.2) is 6.29 Å². The van der Waals surface area contributed by atoms with Gasteiger partial charge >= 0.3 is 5.97 Å². The highest BCUT2D eigenvalue weighted by atomic mass is 32.2. The van der Waals surface area contributed by atoms with E-state index in [-0.39, 0.29) is 55.5 Å². The van der Waals surface area contributed by atoms with Gasteiger partial charge in [-0.05, 0) is 61.6 Å². The van der Waals surface area contributed by atoms with Crippen molar-refractivity contribution in [2.75, 3.05) is 40.0 Å². The van der Waals surface area contributed by atoms with Crippen molar-refractivity contribution in [1.82, 2.24) is 4.31 Å². The molecule has 5 atom stereocenters. The monoisotopic (exact) mass is 667 g/mol. The molecule has 0 bridgehead atoms. The van der Waals surface area contributed by atoms with Crippen molar-refractivity contribution in [2.24, 2.45) is 11.8 Å². The van der Waals surface area contributed by atoms with Crippen LogP contribution >= 0.6 is 0 Å². The molecule has 0 spiro atoms. The normalized spacial score (nSPS) is 25.3. The molecule has 1 N–H and O–H groups in total. The summed E-state index contributed by atoms with van der Waals surface area (Å²) in [6.45, 7) is 1.06. The first-order valence-electron chi connectivity index (χ1n) is 15.9. The summed E-state index contributed by atoms with van der Waals surface area (Å²) < 4.78 is 85.8. The van der Waals surface area contributed by atoms with Crippen LogP contribution in [0.15, 0.2) is 41.3 Å².